The quantitative estimate of drug-likeness (QED) is 0.488. The highest BCUT2D eigenvalue weighted by Crippen LogP contribution is 2.21. The Labute approximate surface area is 208 Å². The van der Waals surface area contributed by atoms with Gasteiger partial charge in [0.25, 0.3) is 0 Å². The molecule has 1 aliphatic rings. The predicted octanol–water partition coefficient (Wildman–Crippen LogP) is 3.97. The molecule has 3 aromatic rings. The second-order valence-electron chi connectivity index (χ2n) is 9.29. The molecule has 0 unspecified atom stereocenters. The summed E-state index contributed by atoms with van der Waals surface area (Å²) in [5.41, 5.74) is 5.26. The van der Waals surface area contributed by atoms with Crippen molar-refractivity contribution in [3.63, 3.8) is 0 Å². The number of carbonyl (C=O) groups excluding carboxylic acids is 1. The van der Waals surface area contributed by atoms with E-state index in [1.807, 2.05) is 42.8 Å². The van der Waals surface area contributed by atoms with Gasteiger partial charge in [-0.2, -0.15) is 9.40 Å². The summed E-state index contributed by atoms with van der Waals surface area (Å²) < 4.78 is 29.1. The first-order chi connectivity index (χ1) is 16.8. The van der Waals surface area contributed by atoms with Crippen LogP contribution in [0.25, 0.3) is 0 Å². The van der Waals surface area contributed by atoms with E-state index >= 15 is 0 Å². The minimum Gasteiger partial charge on any atom is -0.352 e. The zero-order chi connectivity index (χ0) is 24.8. The van der Waals surface area contributed by atoms with E-state index in [4.69, 9.17) is 0 Å². The molecule has 8 heteroatoms. The first-order valence-corrected chi connectivity index (χ1v) is 13.7. The van der Waals surface area contributed by atoms with Crippen LogP contribution >= 0.6 is 0 Å². The molecular weight excluding hydrogens is 460 g/mol. The zero-order valence-corrected chi connectivity index (χ0v) is 21.4. The Hall–Kier alpha value is -2.97. The number of benzene rings is 2. The van der Waals surface area contributed by atoms with Crippen molar-refractivity contribution in [3.8, 4) is 0 Å². The monoisotopic (exact) mass is 494 g/mol. The summed E-state index contributed by atoms with van der Waals surface area (Å²) in [7, 11) is -3.43. The van der Waals surface area contributed by atoms with Gasteiger partial charge in [0.1, 0.15) is 0 Å². The number of hydrogen-bond acceptors (Lipinski definition) is 4. The van der Waals surface area contributed by atoms with E-state index < -0.39 is 10.0 Å². The van der Waals surface area contributed by atoms with Crippen molar-refractivity contribution in [2.75, 3.05) is 13.1 Å². The molecule has 1 N–H and O–H groups in total. The smallest absolute Gasteiger partial charge is 0.243 e. The SMILES string of the molecule is Cc1cc(C)n(Cc2cccc(CNC(=O)CCc3ccc(S(=O)(=O)N4CCCCC4)cc3)c2)n1. The Bertz CT molecular complexity index is 1260. The average Bonchev–Trinajstić information content (AvgIpc) is 3.18. The molecular formula is C27H34N4O3S. The maximum atomic E-state index is 12.8. The van der Waals surface area contributed by atoms with Crippen molar-refractivity contribution in [1.82, 2.24) is 19.4 Å². The van der Waals surface area contributed by atoms with Crippen LogP contribution in [0.15, 0.2) is 59.5 Å². The van der Waals surface area contributed by atoms with Crippen LogP contribution < -0.4 is 5.32 Å². The van der Waals surface area contributed by atoms with Crippen molar-refractivity contribution in [1.29, 1.82) is 0 Å². The summed E-state index contributed by atoms with van der Waals surface area (Å²) in [4.78, 5) is 12.7. The van der Waals surface area contributed by atoms with Gasteiger partial charge < -0.3 is 5.32 Å². The van der Waals surface area contributed by atoms with E-state index in [9.17, 15) is 13.2 Å². The van der Waals surface area contributed by atoms with Crippen molar-refractivity contribution in [2.24, 2.45) is 0 Å². The largest absolute Gasteiger partial charge is 0.352 e. The fraction of sp³-hybridized carbons (Fsp3) is 0.407. The van der Waals surface area contributed by atoms with Crippen molar-refractivity contribution in [2.45, 2.75) is 63.9 Å². The van der Waals surface area contributed by atoms with Crippen LogP contribution in [0.4, 0.5) is 0 Å². The second-order valence-corrected chi connectivity index (χ2v) is 11.2. The lowest BCUT2D eigenvalue weighted by atomic mass is 10.1. The van der Waals surface area contributed by atoms with Crippen LogP contribution in [0.2, 0.25) is 0 Å². The van der Waals surface area contributed by atoms with Crippen LogP contribution in [0.5, 0.6) is 0 Å². The third-order valence-corrected chi connectivity index (χ3v) is 8.35. The Morgan fingerprint density at radius 1 is 0.943 bits per heavy atom. The normalized spacial score (nSPS) is 14.7. The summed E-state index contributed by atoms with van der Waals surface area (Å²) in [5.74, 6) is -0.0287. The van der Waals surface area contributed by atoms with E-state index in [0.29, 0.717) is 43.9 Å². The first-order valence-electron chi connectivity index (χ1n) is 12.3. The molecule has 2 aromatic carbocycles. The molecule has 7 nitrogen and oxygen atoms in total. The molecule has 0 atom stereocenters. The van der Waals surface area contributed by atoms with Gasteiger partial charge in [-0.3, -0.25) is 9.48 Å². The molecule has 0 spiro atoms. The highest BCUT2D eigenvalue weighted by molar-refractivity contribution is 7.89. The molecule has 0 aliphatic carbocycles. The van der Waals surface area contributed by atoms with E-state index in [-0.39, 0.29) is 5.91 Å². The van der Waals surface area contributed by atoms with Crippen LogP contribution in [0.1, 0.15) is 53.8 Å². The number of nitrogens with one attached hydrogen (secondary N) is 1. The molecule has 1 amide bonds. The topological polar surface area (TPSA) is 84.3 Å². The van der Waals surface area contributed by atoms with Gasteiger partial charge in [-0.15, -0.1) is 0 Å². The number of piperidine rings is 1. The second kappa shape index (κ2) is 11.2. The number of sulfonamides is 1. The lowest BCUT2D eigenvalue weighted by molar-refractivity contribution is -0.121. The standard InChI is InChI=1S/C27H34N4O3S/c1-21-17-22(2)31(29-21)20-25-8-6-7-24(18-25)19-28-27(32)14-11-23-9-12-26(13-10-23)35(33,34)30-15-4-3-5-16-30/h6-10,12-13,17-18H,3-5,11,14-16,19-20H2,1-2H3,(H,28,32). The summed E-state index contributed by atoms with van der Waals surface area (Å²) in [5, 5.41) is 7.51. The third kappa shape index (κ3) is 6.58. The molecule has 0 saturated carbocycles. The predicted molar refractivity (Wildman–Crippen MR) is 136 cm³/mol. The van der Waals surface area contributed by atoms with E-state index in [1.54, 1.807) is 16.4 Å². The van der Waals surface area contributed by atoms with Gasteiger partial charge >= 0.3 is 0 Å². The molecule has 1 saturated heterocycles. The lowest BCUT2D eigenvalue weighted by Crippen LogP contribution is -2.35. The Morgan fingerprint density at radius 3 is 2.34 bits per heavy atom. The van der Waals surface area contributed by atoms with Crippen LogP contribution in [-0.4, -0.2) is 41.5 Å². The van der Waals surface area contributed by atoms with Gasteiger partial charge in [-0.05, 0) is 68.0 Å². The number of aromatic nitrogens is 2. The Morgan fingerprint density at radius 2 is 1.66 bits per heavy atom. The molecule has 1 fully saturated rings. The molecule has 0 radical (unpaired) electrons. The Kier molecular flexibility index (Phi) is 8.03. The summed E-state index contributed by atoms with van der Waals surface area (Å²) in [6, 6.07) is 17.2. The molecule has 1 aromatic heterocycles. The number of hydrogen-bond donors (Lipinski definition) is 1. The summed E-state index contributed by atoms with van der Waals surface area (Å²) in [6.07, 6.45) is 3.83. The zero-order valence-electron chi connectivity index (χ0n) is 20.5. The van der Waals surface area contributed by atoms with Crippen LogP contribution in [-0.2, 0) is 34.3 Å². The third-order valence-electron chi connectivity index (χ3n) is 6.43. The maximum absolute atomic E-state index is 12.8. The fourth-order valence-corrected chi connectivity index (χ4v) is 5.99. The lowest BCUT2D eigenvalue weighted by Gasteiger charge is -2.25. The maximum Gasteiger partial charge on any atom is 0.243 e. The van der Waals surface area contributed by atoms with E-state index in [1.165, 1.54) is 0 Å². The van der Waals surface area contributed by atoms with Gasteiger partial charge in [0.05, 0.1) is 17.1 Å². The minimum absolute atomic E-state index is 0.0287. The van der Waals surface area contributed by atoms with Crippen molar-refractivity contribution >= 4 is 15.9 Å². The van der Waals surface area contributed by atoms with Crippen molar-refractivity contribution < 1.29 is 13.2 Å². The molecule has 35 heavy (non-hydrogen) atoms. The van der Waals surface area contributed by atoms with Gasteiger partial charge in [-0.25, -0.2) is 8.42 Å². The molecule has 0 bridgehead atoms. The van der Waals surface area contributed by atoms with Gasteiger partial charge in [0.2, 0.25) is 15.9 Å². The van der Waals surface area contributed by atoms with Crippen LogP contribution in [0, 0.1) is 13.8 Å². The number of carbonyl (C=O) groups is 1. The van der Waals surface area contributed by atoms with E-state index in [2.05, 4.69) is 28.6 Å². The number of rotatable bonds is 9. The Balaban J connectivity index is 1.26. The molecule has 4 rings (SSSR count). The number of amides is 1. The summed E-state index contributed by atoms with van der Waals surface area (Å²) in [6.45, 7) is 6.39. The first kappa shape index (κ1) is 25.1. The molecule has 1 aliphatic heterocycles. The van der Waals surface area contributed by atoms with Gasteiger partial charge in [0, 0.05) is 31.7 Å². The highest BCUT2D eigenvalue weighted by Gasteiger charge is 2.25. The van der Waals surface area contributed by atoms with E-state index in [0.717, 1.165) is 47.3 Å². The van der Waals surface area contributed by atoms with Crippen LogP contribution in [0.3, 0.4) is 0 Å². The average molecular weight is 495 g/mol. The fourth-order valence-electron chi connectivity index (χ4n) is 4.48. The number of aryl methyl sites for hydroxylation is 3. The number of nitrogens with zero attached hydrogens (tertiary/aromatic N) is 3. The summed E-state index contributed by atoms with van der Waals surface area (Å²) >= 11 is 0. The van der Waals surface area contributed by atoms with Gasteiger partial charge in [-0.1, -0.05) is 42.8 Å². The molecule has 2 heterocycles. The molecule has 186 valence electrons. The highest BCUT2D eigenvalue weighted by atomic mass is 32.2. The minimum atomic E-state index is -3.43. The van der Waals surface area contributed by atoms with Crippen molar-refractivity contribution in [3.05, 3.63) is 82.7 Å². The van der Waals surface area contributed by atoms with Gasteiger partial charge in [0.15, 0.2) is 0 Å².